The molecule has 1 aromatic rings. The number of ether oxygens (including phenoxy) is 3. The summed E-state index contributed by atoms with van der Waals surface area (Å²) >= 11 is 0. The summed E-state index contributed by atoms with van der Waals surface area (Å²) in [6.45, 7) is 1.33. The zero-order valence-electron chi connectivity index (χ0n) is 8.11. The molecule has 0 saturated heterocycles. The van der Waals surface area contributed by atoms with Gasteiger partial charge in [0.15, 0.2) is 0 Å². The summed E-state index contributed by atoms with van der Waals surface area (Å²) in [7, 11) is 3.07. The zero-order chi connectivity index (χ0) is 9.68. The van der Waals surface area contributed by atoms with E-state index in [4.69, 9.17) is 14.2 Å². The van der Waals surface area contributed by atoms with E-state index in [-0.39, 0.29) is 0 Å². The molecule has 0 aliphatic heterocycles. The van der Waals surface area contributed by atoms with Gasteiger partial charge in [0.2, 0.25) is 0 Å². The number of rotatable bonds is 4. The second-order valence-electron chi connectivity index (χ2n) is 2.64. The molecule has 0 amide bonds. The Morgan fingerprint density at radius 2 is 1.69 bits per heavy atom. The Hall–Kier alpha value is -1.06. The molecule has 0 aliphatic rings. The van der Waals surface area contributed by atoms with Crippen LogP contribution in [0.1, 0.15) is 5.56 Å². The van der Waals surface area contributed by atoms with E-state index in [0.29, 0.717) is 0 Å². The van der Waals surface area contributed by atoms with Gasteiger partial charge in [-0.2, -0.15) is 0 Å². The Balaban J connectivity index is 2.67. The average molecular weight is 182 g/mol. The van der Waals surface area contributed by atoms with E-state index < -0.39 is 6.48 Å². The summed E-state index contributed by atoms with van der Waals surface area (Å²) in [6, 6.07) is 7.71. The van der Waals surface area contributed by atoms with Gasteiger partial charge < -0.3 is 14.2 Å². The SMILES string of the molecule is COC(OC)Oc1ccccc1C. The Kier molecular flexibility index (Phi) is 3.73. The highest BCUT2D eigenvalue weighted by Crippen LogP contribution is 2.17. The van der Waals surface area contributed by atoms with Crippen LogP contribution >= 0.6 is 0 Å². The minimum Gasteiger partial charge on any atom is -0.441 e. The van der Waals surface area contributed by atoms with Gasteiger partial charge >= 0.3 is 6.48 Å². The fourth-order valence-corrected chi connectivity index (χ4v) is 0.985. The Morgan fingerprint density at radius 1 is 1.08 bits per heavy atom. The van der Waals surface area contributed by atoms with Gasteiger partial charge in [0.1, 0.15) is 5.75 Å². The molecule has 0 atom stereocenters. The van der Waals surface area contributed by atoms with E-state index in [1.807, 2.05) is 31.2 Å². The molecule has 3 nitrogen and oxygen atoms in total. The number of methoxy groups -OCH3 is 2. The van der Waals surface area contributed by atoms with Gasteiger partial charge in [0, 0.05) is 14.2 Å². The number of hydrogen-bond acceptors (Lipinski definition) is 3. The molecule has 0 N–H and O–H groups in total. The predicted molar refractivity (Wildman–Crippen MR) is 49.6 cm³/mol. The van der Waals surface area contributed by atoms with Crippen molar-refractivity contribution in [3.8, 4) is 5.75 Å². The molecule has 0 unspecified atom stereocenters. The van der Waals surface area contributed by atoms with Gasteiger partial charge in [-0.05, 0) is 18.6 Å². The minimum absolute atomic E-state index is 0.638. The van der Waals surface area contributed by atoms with E-state index in [2.05, 4.69) is 0 Å². The number of para-hydroxylation sites is 1. The molecule has 1 rings (SSSR count). The topological polar surface area (TPSA) is 27.7 Å². The summed E-state index contributed by atoms with van der Waals surface area (Å²) in [5.41, 5.74) is 1.06. The summed E-state index contributed by atoms with van der Waals surface area (Å²) in [5.74, 6) is 0.774. The summed E-state index contributed by atoms with van der Waals surface area (Å²) < 4.78 is 15.2. The van der Waals surface area contributed by atoms with Crippen molar-refractivity contribution < 1.29 is 14.2 Å². The highest BCUT2D eigenvalue weighted by Gasteiger charge is 2.07. The second-order valence-corrected chi connectivity index (χ2v) is 2.64. The Labute approximate surface area is 78.2 Å². The largest absolute Gasteiger partial charge is 0.441 e. The highest BCUT2D eigenvalue weighted by molar-refractivity contribution is 5.31. The normalized spacial score (nSPS) is 10.5. The van der Waals surface area contributed by atoms with Gasteiger partial charge in [0.05, 0.1) is 0 Å². The van der Waals surface area contributed by atoms with E-state index >= 15 is 0 Å². The maximum absolute atomic E-state index is 5.40. The molecule has 0 aliphatic carbocycles. The lowest BCUT2D eigenvalue weighted by molar-refractivity contribution is -0.219. The lowest BCUT2D eigenvalue weighted by Crippen LogP contribution is -2.20. The van der Waals surface area contributed by atoms with Crippen molar-refractivity contribution in [1.82, 2.24) is 0 Å². The number of aryl methyl sites for hydroxylation is 1. The fraction of sp³-hybridized carbons (Fsp3) is 0.400. The molecule has 0 aromatic heterocycles. The van der Waals surface area contributed by atoms with Crippen molar-refractivity contribution in [1.29, 1.82) is 0 Å². The van der Waals surface area contributed by atoms with Gasteiger partial charge in [-0.1, -0.05) is 18.2 Å². The molecule has 0 bridgehead atoms. The second kappa shape index (κ2) is 4.84. The molecule has 13 heavy (non-hydrogen) atoms. The van der Waals surface area contributed by atoms with E-state index in [9.17, 15) is 0 Å². The number of benzene rings is 1. The van der Waals surface area contributed by atoms with Gasteiger partial charge in [0.25, 0.3) is 0 Å². The van der Waals surface area contributed by atoms with E-state index in [0.717, 1.165) is 11.3 Å². The smallest absolute Gasteiger partial charge is 0.315 e. The third-order valence-corrected chi connectivity index (χ3v) is 1.70. The molecular formula is C10H14O3. The standard InChI is InChI=1S/C10H14O3/c1-8-6-4-5-7-9(8)13-10(11-2)12-3/h4-7,10H,1-3H3. The Bertz CT molecular complexity index is 256. The van der Waals surface area contributed by atoms with Crippen LogP contribution in [0.25, 0.3) is 0 Å². The monoisotopic (exact) mass is 182 g/mol. The van der Waals surface area contributed by atoms with Crippen LogP contribution in [0, 0.1) is 6.92 Å². The van der Waals surface area contributed by atoms with Crippen LogP contribution in [0.2, 0.25) is 0 Å². The molecule has 0 fully saturated rings. The fourth-order valence-electron chi connectivity index (χ4n) is 0.985. The first-order valence-electron chi connectivity index (χ1n) is 4.06. The first-order valence-corrected chi connectivity index (χ1v) is 4.06. The van der Waals surface area contributed by atoms with Crippen LogP contribution in [0.15, 0.2) is 24.3 Å². The maximum Gasteiger partial charge on any atom is 0.315 e. The van der Waals surface area contributed by atoms with Crippen LogP contribution in [0.3, 0.4) is 0 Å². The maximum atomic E-state index is 5.40. The predicted octanol–water partition coefficient (Wildman–Crippen LogP) is 1.95. The quantitative estimate of drug-likeness (QED) is 0.666. The number of hydrogen-bond donors (Lipinski definition) is 0. The van der Waals surface area contributed by atoms with Crippen LogP contribution in [-0.4, -0.2) is 20.7 Å². The first-order chi connectivity index (χ1) is 6.27. The molecule has 0 saturated carbocycles. The van der Waals surface area contributed by atoms with E-state index in [1.54, 1.807) is 0 Å². The van der Waals surface area contributed by atoms with Crippen LogP contribution in [0.5, 0.6) is 5.75 Å². The van der Waals surface area contributed by atoms with Crippen LogP contribution in [-0.2, 0) is 9.47 Å². The first kappa shape index (κ1) is 10.0. The molecule has 0 radical (unpaired) electrons. The summed E-state index contributed by atoms with van der Waals surface area (Å²) in [4.78, 5) is 0. The summed E-state index contributed by atoms with van der Waals surface area (Å²) in [5, 5.41) is 0. The molecule has 0 heterocycles. The van der Waals surface area contributed by atoms with Gasteiger partial charge in [-0.3, -0.25) is 0 Å². The van der Waals surface area contributed by atoms with Crippen LogP contribution < -0.4 is 4.74 Å². The Morgan fingerprint density at radius 3 is 2.23 bits per heavy atom. The van der Waals surface area contributed by atoms with Crippen molar-refractivity contribution in [2.75, 3.05) is 14.2 Å². The molecule has 72 valence electrons. The lowest BCUT2D eigenvalue weighted by Gasteiger charge is -2.16. The lowest BCUT2D eigenvalue weighted by atomic mass is 10.2. The molecular weight excluding hydrogens is 168 g/mol. The third-order valence-electron chi connectivity index (χ3n) is 1.70. The van der Waals surface area contributed by atoms with Crippen LogP contribution in [0.4, 0.5) is 0 Å². The third kappa shape index (κ3) is 2.72. The molecule has 0 spiro atoms. The van der Waals surface area contributed by atoms with Gasteiger partial charge in [-0.15, -0.1) is 0 Å². The van der Waals surface area contributed by atoms with Crippen molar-refractivity contribution >= 4 is 0 Å². The molecule has 1 aromatic carbocycles. The van der Waals surface area contributed by atoms with Crippen molar-refractivity contribution in [2.45, 2.75) is 13.4 Å². The van der Waals surface area contributed by atoms with Crippen molar-refractivity contribution in [3.63, 3.8) is 0 Å². The zero-order valence-corrected chi connectivity index (χ0v) is 8.11. The van der Waals surface area contributed by atoms with E-state index in [1.165, 1.54) is 14.2 Å². The van der Waals surface area contributed by atoms with Gasteiger partial charge in [-0.25, -0.2) is 0 Å². The van der Waals surface area contributed by atoms with Crippen molar-refractivity contribution in [3.05, 3.63) is 29.8 Å². The average Bonchev–Trinajstić information content (AvgIpc) is 2.17. The minimum atomic E-state index is -0.638. The highest BCUT2D eigenvalue weighted by atomic mass is 16.8. The molecule has 3 heteroatoms. The summed E-state index contributed by atoms with van der Waals surface area (Å²) in [6.07, 6.45) is 0. The van der Waals surface area contributed by atoms with Crippen molar-refractivity contribution in [2.24, 2.45) is 0 Å².